The molecule has 2 unspecified atom stereocenters. The topological polar surface area (TPSA) is 163 Å². The Morgan fingerprint density at radius 2 is 1.78 bits per heavy atom. The number of carbonyl (C=O) groups is 1. The molecule has 2 atom stereocenters. The third-order valence-corrected chi connectivity index (χ3v) is 14.2. The van der Waals surface area contributed by atoms with Crippen LogP contribution >= 0.6 is 11.3 Å². The molecule has 5 aliphatic rings. The van der Waals surface area contributed by atoms with Gasteiger partial charge in [-0.25, -0.2) is 14.8 Å². The lowest BCUT2D eigenvalue weighted by atomic mass is 9.39. The van der Waals surface area contributed by atoms with Gasteiger partial charge in [0.15, 0.2) is 22.5 Å². The van der Waals surface area contributed by atoms with Gasteiger partial charge < -0.3 is 30.5 Å². The van der Waals surface area contributed by atoms with Crippen molar-refractivity contribution >= 4 is 50.1 Å². The number of carboxylic acid groups (broad SMARTS) is 1. The van der Waals surface area contributed by atoms with E-state index in [-0.39, 0.29) is 34.1 Å². The van der Waals surface area contributed by atoms with Crippen LogP contribution in [0.1, 0.15) is 98.1 Å². The number of carboxylic acids is 1. The van der Waals surface area contributed by atoms with Crippen molar-refractivity contribution < 1.29 is 19.7 Å². The van der Waals surface area contributed by atoms with E-state index in [9.17, 15) is 9.90 Å². The Morgan fingerprint density at radius 1 is 0.966 bits per heavy atom. The lowest BCUT2D eigenvalue weighted by Crippen LogP contribution is -2.64. The molecule has 1 aliphatic heterocycles. The molecule has 4 saturated carbocycles. The lowest BCUT2D eigenvalue weighted by Gasteiger charge is -2.69. The molecule has 0 saturated heterocycles. The number of aliphatic hydroxyl groups is 1. The molecule has 4 fully saturated rings. The second-order valence-corrected chi connectivity index (χ2v) is 19.6. The van der Waals surface area contributed by atoms with E-state index in [4.69, 9.17) is 24.9 Å². The van der Waals surface area contributed by atoms with Gasteiger partial charge in [0.2, 0.25) is 0 Å². The van der Waals surface area contributed by atoms with Crippen LogP contribution in [0.2, 0.25) is 0 Å². The van der Waals surface area contributed by atoms with Crippen molar-refractivity contribution in [3.8, 4) is 11.1 Å². The average Bonchev–Trinajstić information content (AvgIpc) is 3.73. The first kappa shape index (κ1) is 39.0. The van der Waals surface area contributed by atoms with Crippen LogP contribution in [0.25, 0.3) is 21.3 Å². The smallest absolute Gasteiger partial charge is 0.355 e. The first-order valence-corrected chi connectivity index (χ1v) is 21.6. The zero-order valence-corrected chi connectivity index (χ0v) is 35.1. The Labute approximate surface area is 343 Å². The highest BCUT2D eigenvalue weighted by atomic mass is 32.1. The number of hydrogen-bond acceptors (Lipinski definition) is 12. The Bertz CT molecular complexity index is 2370. The maximum atomic E-state index is 12.9. The normalized spacial score (nSPS) is 26.1. The number of aryl methyl sites for hydroxylation is 1. The standard InChI is InChI=1S/C44H55N9O4S/c1-27-9-11-34-33(18-27)47-40(58-34)49-37-28(2)30-8-6-15-52(38(30)51-50-37)35-12-10-31(36(48-35)39(55)56)32-19-46-53(29(32)3)26-43-21-41(4)20-42(5,22-43)24-44(23-41,25-43)57-17-14-45-13-7-16-54/h9-12,18-19,45,54H,6-8,13-17,20-26H2,1-5H3,(H,55,56)(H,47,49,50). The number of hydrogen-bond donors (Lipinski definition) is 4. The average molecular weight is 806 g/mol. The van der Waals surface area contributed by atoms with E-state index in [2.05, 4.69) is 71.4 Å². The predicted molar refractivity (Wildman–Crippen MR) is 226 cm³/mol. The van der Waals surface area contributed by atoms with Crippen molar-refractivity contribution in [1.82, 2.24) is 35.3 Å². The molecule has 13 nitrogen and oxygen atoms in total. The highest BCUT2D eigenvalue weighted by Crippen LogP contribution is 2.72. The fourth-order valence-electron chi connectivity index (χ4n) is 12.1. The third kappa shape index (κ3) is 7.15. The van der Waals surface area contributed by atoms with Gasteiger partial charge >= 0.3 is 5.97 Å². The number of nitrogens with one attached hydrogen (secondary N) is 2. The minimum Gasteiger partial charge on any atom is -0.476 e. The van der Waals surface area contributed by atoms with Crippen LogP contribution in [0.4, 0.5) is 22.6 Å². The van der Waals surface area contributed by atoms with Gasteiger partial charge in [-0.3, -0.25) is 4.68 Å². The van der Waals surface area contributed by atoms with E-state index in [0.29, 0.717) is 36.2 Å². The van der Waals surface area contributed by atoms with Crippen molar-refractivity contribution in [1.29, 1.82) is 0 Å². The summed E-state index contributed by atoms with van der Waals surface area (Å²) < 4.78 is 10.1. The molecule has 5 aromatic rings. The molecule has 10 rings (SSSR count). The van der Waals surface area contributed by atoms with Crippen molar-refractivity contribution in [2.45, 2.75) is 105 Å². The number of pyridine rings is 1. The Morgan fingerprint density at radius 3 is 2.55 bits per heavy atom. The van der Waals surface area contributed by atoms with Gasteiger partial charge in [-0.15, -0.1) is 10.2 Å². The van der Waals surface area contributed by atoms with Crippen LogP contribution < -0.4 is 15.5 Å². The van der Waals surface area contributed by atoms with Crippen molar-refractivity contribution in [3.63, 3.8) is 0 Å². The van der Waals surface area contributed by atoms with Gasteiger partial charge in [-0.05, 0) is 131 Å². The molecule has 4 aromatic heterocycles. The van der Waals surface area contributed by atoms with E-state index in [0.717, 1.165) is 109 Å². The van der Waals surface area contributed by atoms with E-state index in [1.165, 1.54) is 12.0 Å². The summed E-state index contributed by atoms with van der Waals surface area (Å²) in [6.45, 7) is 14.9. The molecule has 5 heterocycles. The predicted octanol–water partition coefficient (Wildman–Crippen LogP) is 7.90. The van der Waals surface area contributed by atoms with Gasteiger partial charge in [0.1, 0.15) is 5.82 Å². The fourth-order valence-corrected chi connectivity index (χ4v) is 12.9. The molecule has 58 heavy (non-hydrogen) atoms. The molecule has 0 radical (unpaired) electrons. The summed E-state index contributed by atoms with van der Waals surface area (Å²) in [5.74, 6) is 0.820. The third-order valence-electron chi connectivity index (χ3n) is 13.2. The first-order chi connectivity index (χ1) is 27.8. The Balaban J connectivity index is 0.958. The summed E-state index contributed by atoms with van der Waals surface area (Å²) in [6.07, 6.45) is 10.9. The van der Waals surface area contributed by atoms with Gasteiger partial charge in [0.25, 0.3) is 0 Å². The van der Waals surface area contributed by atoms with Gasteiger partial charge in [-0.2, -0.15) is 5.10 Å². The number of aromatic nitrogens is 6. The van der Waals surface area contributed by atoms with E-state index >= 15 is 0 Å². The second-order valence-electron chi connectivity index (χ2n) is 18.6. The number of aromatic carboxylic acids is 1. The molecule has 306 valence electrons. The zero-order chi connectivity index (χ0) is 40.5. The van der Waals surface area contributed by atoms with Crippen molar-refractivity contribution in [3.05, 3.63) is 64.6 Å². The van der Waals surface area contributed by atoms with Crippen LogP contribution in [0.5, 0.6) is 0 Å². The number of fused-ring (bicyclic) bond motifs is 2. The summed E-state index contributed by atoms with van der Waals surface area (Å²) in [6, 6.07) is 10.0. The van der Waals surface area contributed by atoms with Crippen LogP contribution in [-0.2, 0) is 17.7 Å². The van der Waals surface area contributed by atoms with E-state index < -0.39 is 5.97 Å². The molecule has 14 heteroatoms. The molecule has 0 amide bonds. The van der Waals surface area contributed by atoms with E-state index in [1.54, 1.807) is 11.3 Å². The number of nitrogens with zero attached hydrogens (tertiary/aromatic N) is 7. The van der Waals surface area contributed by atoms with Crippen molar-refractivity contribution in [2.75, 3.05) is 43.1 Å². The molecular weight excluding hydrogens is 751 g/mol. The van der Waals surface area contributed by atoms with Gasteiger partial charge in [-0.1, -0.05) is 31.3 Å². The SMILES string of the molecule is Cc1ccc2sc(Nc3nnc4c(c3C)CCCN4c3ccc(-c4cnn(CC56CC7(C)CC(C)(C5)CC(OCCNCCCO)(C7)C6)c4C)c(C(=O)O)n3)nc2c1. The highest BCUT2D eigenvalue weighted by molar-refractivity contribution is 7.22. The fraction of sp³-hybridized carbons (Fsp3) is 0.545. The van der Waals surface area contributed by atoms with Gasteiger partial charge in [0.05, 0.1) is 28.6 Å². The number of aliphatic hydroxyl groups excluding tert-OH is 1. The quantitative estimate of drug-likeness (QED) is 0.0804. The number of rotatable bonds is 14. The van der Waals surface area contributed by atoms with E-state index in [1.807, 2.05) is 30.2 Å². The monoisotopic (exact) mass is 805 g/mol. The van der Waals surface area contributed by atoms with Crippen LogP contribution in [0.15, 0.2) is 36.5 Å². The maximum Gasteiger partial charge on any atom is 0.355 e. The molecule has 4 N–H and O–H groups in total. The lowest BCUT2D eigenvalue weighted by molar-refractivity contribution is -0.247. The molecule has 1 aromatic carbocycles. The number of ether oxygens (including phenoxy) is 1. The summed E-state index contributed by atoms with van der Waals surface area (Å²) in [7, 11) is 0. The van der Waals surface area contributed by atoms with Gasteiger partial charge in [0, 0.05) is 54.2 Å². The number of anilines is 4. The molecule has 0 spiro atoms. The minimum absolute atomic E-state index is 0.00362. The Kier molecular flexibility index (Phi) is 9.85. The summed E-state index contributed by atoms with van der Waals surface area (Å²) >= 11 is 1.58. The highest BCUT2D eigenvalue weighted by Gasteiger charge is 2.66. The molecular formula is C44H55N9O4S. The molecule has 4 aliphatic carbocycles. The maximum absolute atomic E-state index is 12.9. The summed E-state index contributed by atoms with van der Waals surface area (Å²) in [5.41, 5.74) is 6.76. The first-order valence-electron chi connectivity index (χ1n) is 20.8. The number of thiazole rings is 1. The second kappa shape index (κ2) is 14.6. The summed E-state index contributed by atoms with van der Waals surface area (Å²) in [5, 5.41) is 41.5. The largest absolute Gasteiger partial charge is 0.476 e. The summed E-state index contributed by atoms with van der Waals surface area (Å²) in [4.78, 5) is 24.5. The zero-order valence-electron chi connectivity index (χ0n) is 34.3. The van der Waals surface area contributed by atoms with Crippen LogP contribution in [0.3, 0.4) is 0 Å². The van der Waals surface area contributed by atoms with Crippen molar-refractivity contribution in [2.24, 2.45) is 16.2 Å². The molecule has 4 bridgehead atoms. The Hall–Kier alpha value is -4.50. The van der Waals surface area contributed by atoms with Crippen LogP contribution in [0, 0.1) is 37.0 Å². The number of benzene rings is 1. The van der Waals surface area contributed by atoms with Crippen LogP contribution in [-0.4, -0.2) is 84.6 Å². The minimum atomic E-state index is -1.08.